The fourth-order valence-electron chi connectivity index (χ4n) is 2.60. The van der Waals surface area contributed by atoms with Crippen LogP contribution in [-0.2, 0) is 20.7 Å². The summed E-state index contributed by atoms with van der Waals surface area (Å²) in [5, 5.41) is 0. The highest BCUT2D eigenvalue weighted by molar-refractivity contribution is 7.87. The maximum atomic E-state index is 12.2. The molecule has 24 heavy (non-hydrogen) atoms. The van der Waals surface area contributed by atoms with Gasteiger partial charge in [-0.25, -0.2) is 0 Å². The van der Waals surface area contributed by atoms with Gasteiger partial charge in [0, 0.05) is 5.56 Å². The molecule has 0 N–H and O–H groups in total. The highest BCUT2D eigenvalue weighted by atomic mass is 32.2. The molecule has 0 saturated heterocycles. The average Bonchev–Trinajstić information content (AvgIpc) is 2.89. The third kappa shape index (κ3) is 2.94. The van der Waals surface area contributed by atoms with Gasteiger partial charge in [-0.05, 0) is 34.7 Å². The normalized spacial score (nSPS) is 13.5. The molecule has 0 spiro atoms. The Morgan fingerprint density at radius 1 is 1.04 bits per heavy atom. The Hall–Kier alpha value is -2.19. The zero-order valence-electron chi connectivity index (χ0n) is 12.1. The lowest BCUT2D eigenvalue weighted by Crippen LogP contribution is -2.27. The van der Waals surface area contributed by atoms with Gasteiger partial charge in [-0.3, -0.25) is 8.98 Å². The monoisotopic (exact) mass is 356 g/mol. The zero-order chi connectivity index (χ0) is 17.5. The van der Waals surface area contributed by atoms with Gasteiger partial charge in [0.25, 0.3) is 0 Å². The summed E-state index contributed by atoms with van der Waals surface area (Å²) in [6, 6.07) is 12.4. The van der Waals surface area contributed by atoms with Crippen LogP contribution >= 0.6 is 0 Å². The number of halogens is 3. The van der Waals surface area contributed by atoms with E-state index in [0.717, 1.165) is 22.3 Å². The first-order valence-corrected chi connectivity index (χ1v) is 8.30. The molecule has 0 bridgehead atoms. The van der Waals surface area contributed by atoms with Crippen molar-refractivity contribution < 1.29 is 30.6 Å². The van der Waals surface area contributed by atoms with Crippen molar-refractivity contribution in [3.05, 3.63) is 59.2 Å². The first-order chi connectivity index (χ1) is 11.2. The second kappa shape index (κ2) is 5.71. The molecule has 0 fully saturated rings. The van der Waals surface area contributed by atoms with Crippen LogP contribution in [0.3, 0.4) is 0 Å². The predicted octanol–water partition coefficient (Wildman–Crippen LogP) is 3.31. The first kappa shape index (κ1) is 16.7. The van der Waals surface area contributed by atoms with E-state index in [-0.39, 0.29) is 5.56 Å². The van der Waals surface area contributed by atoms with Gasteiger partial charge in [-0.15, -0.1) is 0 Å². The molecule has 0 heterocycles. The molecule has 4 nitrogen and oxygen atoms in total. The summed E-state index contributed by atoms with van der Waals surface area (Å²) < 4.78 is 62.0. The Kier molecular flexibility index (Phi) is 3.97. The predicted molar refractivity (Wildman–Crippen MR) is 79.9 cm³/mol. The second-order valence-corrected chi connectivity index (χ2v) is 6.90. The van der Waals surface area contributed by atoms with Crippen LogP contribution in [0.4, 0.5) is 13.2 Å². The van der Waals surface area contributed by atoms with Gasteiger partial charge >= 0.3 is 15.6 Å². The molecule has 2 aromatic rings. The van der Waals surface area contributed by atoms with E-state index >= 15 is 0 Å². The van der Waals surface area contributed by atoms with E-state index in [1.807, 2.05) is 24.3 Å². The number of hydrogen-bond donors (Lipinski definition) is 0. The highest BCUT2D eigenvalue weighted by Crippen LogP contribution is 2.36. The van der Waals surface area contributed by atoms with Gasteiger partial charge in [0.2, 0.25) is 0 Å². The molecule has 0 saturated carbocycles. The minimum Gasteiger partial charge on any atom is -0.291 e. The number of benzene rings is 2. The van der Waals surface area contributed by atoms with Gasteiger partial charge in [-0.2, -0.15) is 21.6 Å². The first-order valence-electron chi connectivity index (χ1n) is 6.89. The summed E-state index contributed by atoms with van der Waals surface area (Å²) in [5.74, 6) is -0.832. The molecule has 8 heteroatoms. The van der Waals surface area contributed by atoms with Crippen LogP contribution in [0.15, 0.2) is 42.5 Å². The molecular formula is C16H11F3O4S. The largest absolute Gasteiger partial charge is 0.523 e. The van der Waals surface area contributed by atoms with Crippen LogP contribution in [0, 0.1) is 0 Å². The molecule has 0 atom stereocenters. The minimum atomic E-state index is -5.78. The number of Topliss-reactive ketones (excluding diaryl/α,β-unsaturated/α-hetero) is 1. The smallest absolute Gasteiger partial charge is 0.291 e. The Morgan fingerprint density at radius 3 is 2.42 bits per heavy atom. The van der Waals surface area contributed by atoms with E-state index < -0.39 is 28.0 Å². The molecule has 0 aliphatic heterocycles. The third-order valence-electron chi connectivity index (χ3n) is 3.74. The maximum Gasteiger partial charge on any atom is 0.523 e. The molecule has 126 valence electrons. The lowest BCUT2D eigenvalue weighted by molar-refractivity contribution is -0.0536. The number of rotatable bonds is 4. The number of alkyl halides is 3. The average molecular weight is 356 g/mol. The van der Waals surface area contributed by atoms with E-state index in [1.165, 1.54) is 6.07 Å². The summed E-state index contributed by atoms with van der Waals surface area (Å²) in [7, 11) is -5.78. The van der Waals surface area contributed by atoms with E-state index in [4.69, 9.17) is 0 Å². The van der Waals surface area contributed by atoms with Crippen molar-refractivity contribution in [2.45, 2.75) is 11.9 Å². The standard InChI is InChI=1S/C16H11F3O4S/c17-16(18,19)24(21,22)23-9-15(20)11-5-6-14-12(8-11)7-10-3-1-2-4-13(10)14/h1-6,8H,7,9H2. The van der Waals surface area contributed by atoms with Gasteiger partial charge in [0.15, 0.2) is 5.78 Å². The van der Waals surface area contributed by atoms with Crippen molar-refractivity contribution in [1.82, 2.24) is 0 Å². The second-order valence-electron chi connectivity index (χ2n) is 5.29. The van der Waals surface area contributed by atoms with Crippen molar-refractivity contribution in [1.29, 1.82) is 0 Å². The SMILES string of the molecule is O=C(COS(=O)(=O)C(F)(F)F)c1ccc2c(c1)Cc1ccccc1-2. The van der Waals surface area contributed by atoms with Gasteiger partial charge in [0.05, 0.1) is 0 Å². The molecule has 0 amide bonds. The number of ketones is 1. The number of hydrogen-bond acceptors (Lipinski definition) is 4. The maximum absolute atomic E-state index is 12.2. The molecule has 3 rings (SSSR count). The number of carbonyl (C=O) groups is 1. The van der Waals surface area contributed by atoms with Gasteiger partial charge in [-0.1, -0.05) is 36.4 Å². The zero-order valence-corrected chi connectivity index (χ0v) is 12.9. The minimum absolute atomic E-state index is 0.110. The number of carbonyl (C=O) groups excluding carboxylic acids is 1. The van der Waals surface area contributed by atoms with Gasteiger partial charge < -0.3 is 0 Å². The van der Waals surface area contributed by atoms with Crippen LogP contribution < -0.4 is 0 Å². The lowest BCUT2D eigenvalue weighted by atomic mass is 10.0. The Balaban J connectivity index is 1.78. The Bertz CT molecular complexity index is 917. The van der Waals surface area contributed by atoms with Crippen LogP contribution in [-0.4, -0.2) is 26.3 Å². The summed E-state index contributed by atoms with van der Waals surface area (Å²) in [6.07, 6.45) is 0.605. The van der Waals surface area contributed by atoms with Crippen LogP contribution in [0.25, 0.3) is 11.1 Å². The van der Waals surface area contributed by atoms with E-state index in [1.54, 1.807) is 12.1 Å². The molecule has 1 aliphatic rings. The molecule has 0 aromatic heterocycles. The van der Waals surface area contributed by atoms with Gasteiger partial charge in [0.1, 0.15) is 6.61 Å². The highest BCUT2D eigenvalue weighted by Gasteiger charge is 2.47. The van der Waals surface area contributed by atoms with E-state index in [9.17, 15) is 26.4 Å². The van der Waals surface area contributed by atoms with Crippen LogP contribution in [0.5, 0.6) is 0 Å². The van der Waals surface area contributed by atoms with Crippen molar-refractivity contribution in [3.8, 4) is 11.1 Å². The number of fused-ring (bicyclic) bond motifs is 3. The summed E-state index contributed by atoms with van der Waals surface area (Å²) in [5.41, 5.74) is -1.49. The van der Waals surface area contributed by atoms with Crippen LogP contribution in [0.2, 0.25) is 0 Å². The summed E-state index contributed by atoms with van der Waals surface area (Å²) in [6.45, 7) is -1.19. The fraction of sp³-hybridized carbons (Fsp3) is 0.188. The Labute approximate surface area is 136 Å². The van der Waals surface area contributed by atoms with Crippen molar-refractivity contribution in [2.24, 2.45) is 0 Å². The molecule has 0 radical (unpaired) electrons. The third-order valence-corrected chi connectivity index (χ3v) is 4.74. The molecule has 0 unspecified atom stereocenters. The van der Waals surface area contributed by atoms with Crippen molar-refractivity contribution >= 4 is 15.9 Å². The molecule has 1 aliphatic carbocycles. The Morgan fingerprint density at radius 2 is 1.71 bits per heavy atom. The topological polar surface area (TPSA) is 60.4 Å². The van der Waals surface area contributed by atoms with Crippen molar-refractivity contribution in [3.63, 3.8) is 0 Å². The van der Waals surface area contributed by atoms with Crippen LogP contribution in [0.1, 0.15) is 21.5 Å². The van der Waals surface area contributed by atoms with Crippen molar-refractivity contribution in [2.75, 3.05) is 6.61 Å². The van der Waals surface area contributed by atoms with E-state index in [2.05, 4.69) is 4.18 Å². The lowest BCUT2D eigenvalue weighted by Gasteiger charge is -2.08. The summed E-state index contributed by atoms with van der Waals surface area (Å²) >= 11 is 0. The molecular weight excluding hydrogens is 345 g/mol. The summed E-state index contributed by atoms with van der Waals surface area (Å²) in [4.78, 5) is 11.9. The quantitative estimate of drug-likeness (QED) is 0.409. The molecule has 2 aromatic carbocycles. The fourth-order valence-corrected chi connectivity index (χ4v) is 3.00. The van der Waals surface area contributed by atoms with E-state index in [0.29, 0.717) is 6.42 Å².